The molecule has 13 heteroatoms. The lowest BCUT2D eigenvalue weighted by molar-refractivity contribution is -0.143. The third kappa shape index (κ3) is 2.99. The molecule has 0 atom stereocenters. The van der Waals surface area contributed by atoms with E-state index in [1.807, 2.05) is 0 Å². The van der Waals surface area contributed by atoms with Gasteiger partial charge in [-0.2, -0.15) is 13.2 Å². The summed E-state index contributed by atoms with van der Waals surface area (Å²) in [6.07, 6.45) is -5.08. The summed E-state index contributed by atoms with van der Waals surface area (Å²) in [6, 6.07) is 2.21. The molecule has 0 saturated carbocycles. The Morgan fingerprint density at radius 2 is 1.58 bits per heavy atom. The molecule has 2 heterocycles. The largest absolute Gasteiger partial charge is 0.436 e. The zero-order valence-corrected chi connectivity index (χ0v) is 15.3. The summed E-state index contributed by atoms with van der Waals surface area (Å²) in [5.74, 6) is 0.195. The molecule has 0 aliphatic rings. The summed E-state index contributed by atoms with van der Waals surface area (Å²) in [6.45, 7) is 1.45. The molecule has 0 N–H and O–H groups in total. The molecule has 0 unspecified atom stereocenters. The zero-order valence-electron chi connectivity index (χ0n) is 13.0. The molecular formula is C13H8Cl2F3N5O2S. The van der Waals surface area contributed by atoms with Crippen LogP contribution in [0.5, 0.6) is 0 Å². The Balaban J connectivity index is 2.40. The Labute approximate surface area is 154 Å². The topological polar surface area (TPSA) is 90.6 Å². The van der Waals surface area contributed by atoms with Gasteiger partial charge in [0.15, 0.2) is 10.7 Å². The van der Waals surface area contributed by atoms with Gasteiger partial charge in [-0.15, -0.1) is 10.2 Å². The van der Waals surface area contributed by atoms with Crippen LogP contribution in [0.25, 0.3) is 11.0 Å². The van der Waals surface area contributed by atoms with Gasteiger partial charge in [0, 0.05) is 7.05 Å². The number of halogens is 5. The first kappa shape index (κ1) is 18.8. The molecular weight excluding hydrogens is 418 g/mol. The van der Waals surface area contributed by atoms with E-state index in [-0.39, 0.29) is 26.9 Å². The highest BCUT2D eigenvalue weighted by Crippen LogP contribution is 2.36. The SMILES string of the molecule is Cc1nnc(S(=O)(=O)c2nc3cc(Cl)c(Cl)cc3nc2C(F)(F)F)n1C. The number of aryl methyl sites for hydroxylation is 1. The lowest BCUT2D eigenvalue weighted by Crippen LogP contribution is -2.20. The van der Waals surface area contributed by atoms with Gasteiger partial charge in [0.1, 0.15) is 5.82 Å². The number of nitrogens with zero attached hydrogens (tertiary/aromatic N) is 5. The number of rotatable bonds is 2. The van der Waals surface area contributed by atoms with Crippen LogP contribution in [0.4, 0.5) is 13.2 Å². The van der Waals surface area contributed by atoms with Gasteiger partial charge in [0.05, 0.1) is 21.1 Å². The molecule has 0 aliphatic carbocycles. The molecule has 0 saturated heterocycles. The van der Waals surface area contributed by atoms with E-state index in [4.69, 9.17) is 23.2 Å². The standard InChI is InChI=1S/C13H8Cl2F3N5O2S/c1-5-21-22-12(23(5)2)26(24,25)11-10(13(16,17)18)19-8-3-6(14)7(15)4-9(8)20-11/h3-4H,1-2H3. The van der Waals surface area contributed by atoms with Crippen LogP contribution < -0.4 is 0 Å². The Morgan fingerprint density at radius 1 is 1.04 bits per heavy atom. The number of aromatic nitrogens is 5. The summed E-state index contributed by atoms with van der Waals surface area (Å²) in [5, 5.41) is 4.97. The van der Waals surface area contributed by atoms with Crippen LogP contribution in [0.1, 0.15) is 11.5 Å². The van der Waals surface area contributed by atoms with Crippen molar-refractivity contribution in [1.82, 2.24) is 24.7 Å². The first-order valence-electron chi connectivity index (χ1n) is 6.78. The average molecular weight is 426 g/mol. The van der Waals surface area contributed by atoms with Crippen molar-refractivity contribution in [3.63, 3.8) is 0 Å². The zero-order chi connectivity index (χ0) is 19.4. The number of hydrogen-bond acceptors (Lipinski definition) is 6. The van der Waals surface area contributed by atoms with Crippen LogP contribution >= 0.6 is 23.2 Å². The molecule has 0 amide bonds. The van der Waals surface area contributed by atoms with Crippen molar-refractivity contribution in [3.05, 3.63) is 33.7 Å². The average Bonchev–Trinajstić information content (AvgIpc) is 2.86. The number of hydrogen-bond donors (Lipinski definition) is 0. The summed E-state index contributed by atoms with van der Waals surface area (Å²) >= 11 is 11.6. The highest BCUT2D eigenvalue weighted by molar-refractivity contribution is 7.91. The number of sulfone groups is 1. The maximum Gasteiger partial charge on any atom is 0.436 e. The molecule has 138 valence electrons. The lowest BCUT2D eigenvalue weighted by atomic mass is 10.3. The van der Waals surface area contributed by atoms with Gasteiger partial charge in [-0.05, 0) is 19.1 Å². The first-order valence-corrected chi connectivity index (χ1v) is 9.02. The summed E-state index contributed by atoms with van der Waals surface area (Å²) < 4.78 is 66.8. The van der Waals surface area contributed by atoms with Crippen molar-refractivity contribution in [2.75, 3.05) is 0 Å². The maximum atomic E-state index is 13.4. The van der Waals surface area contributed by atoms with E-state index in [0.29, 0.717) is 0 Å². The number of alkyl halides is 3. The highest BCUT2D eigenvalue weighted by Gasteiger charge is 2.43. The fraction of sp³-hybridized carbons (Fsp3) is 0.231. The van der Waals surface area contributed by atoms with Crippen molar-refractivity contribution in [2.45, 2.75) is 23.3 Å². The van der Waals surface area contributed by atoms with Gasteiger partial charge < -0.3 is 4.57 Å². The van der Waals surface area contributed by atoms with E-state index in [9.17, 15) is 21.6 Å². The predicted octanol–water partition coefficient (Wildman–Crippen LogP) is 3.23. The second-order valence-corrected chi connectivity index (χ2v) is 7.80. The lowest BCUT2D eigenvalue weighted by Gasteiger charge is -2.13. The summed E-state index contributed by atoms with van der Waals surface area (Å²) in [4.78, 5) is 7.06. The molecule has 0 spiro atoms. The van der Waals surface area contributed by atoms with Crippen LogP contribution in [0.3, 0.4) is 0 Å². The van der Waals surface area contributed by atoms with Crippen LogP contribution in [0.2, 0.25) is 10.0 Å². The van der Waals surface area contributed by atoms with Gasteiger partial charge in [0.25, 0.3) is 15.0 Å². The van der Waals surface area contributed by atoms with E-state index < -0.39 is 31.9 Å². The third-order valence-electron chi connectivity index (χ3n) is 3.49. The van der Waals surface area contributed by atoms with Gasteiger partial charge in [0.2, 0.25) is 0 Å². The third-order valence-corrected chi connectivity index (χ3v) is 5.84. The highest BCUT2D eigenvalue weighted by atomic mass is 35.5. The predicted molar refractivity (Wildman–Crippen MR) is 85.8 cm³/mol. The van der Waals surface area contributed by atoms with Gasteiger partial charge in [-0.3, -0.25) is 0 Å². The Bertz CT molecular complexity index is 1140. The molecule has 7 nitrogen and oxygen atoms in total. The first-order chi connectivity index (χ1) is 11.9. The van der Waals surface area contributed by atoms with Crippen LogP contribution in [0, 0.1) is 6.92 Å². The van der Waals surface area contributed by atoms with Crippen molar-refractivity contribution >= 4 is 44.1 Å². The minimum absolute atomic E-state index is 0.00826. The van der Waals surface area contributed by atoms with Crippen molar-refractivity contribution in [2.24, 2.45) is 7.05 Å². The van der Waals surface area contributed by atoms with Crippen LogP contribution in [-0.2, 0) is 23.1 Å². The smallest absolute Gasteiger partial charge is 0.305 e. The normalized spacial score (nSPS) is 12.7. The molecule has 0 fully saturated rings. The second kappa shape index (κ2) is 6.03. The second-order valence-electron chi connectivity index (χ2n) is 5.22. The minimum Gasteiger partial charge on any atom is -0.305 e. The van der Waals surface area contributed by atoms with E-state index in [1.165, 1.54) is 14.0 Å². The van der Waals surface area contributed by atoms with Crippen molar-refractivity contribution in [3.8, 4) is 0 Å². The van der Waals surface area contributed by atoms with Crippen LogP contribution in [0.15, 0.2) is 22.3 Å². The molecule has 26 heavy (non-hydrogen) atoms. The van der Waals surface area contributed by atoms with E-state index in [1.54, 1.807) is 0 Å². The van der Waals surface area contributed by atoms with E-state index in [0.717, 1.165) is 16.7 Å². The maximum absolute atomic E-state index is 13.4. The monoisotopic (exact) mass is 425 g/mol. The minimum atomic E-state index is -5.08. The fourth-order valence-electron chi connectivity index (χ4n) is 2.12. The molecule has 0 bridgehead atoms. The number of fused-ring (bicyclic) bond motifs is 1. The summed E-state index contributed by atoms with van der Waals surface area (Å²) in [7, 11) is -3.45. The molecule has 3 aromatic rings. The van der Waals surface area contributed by atoms with E-state index >= 15 is 0 Å². The fourth-order valence-corrected chi connectivity index (χ4v) is 3.88. The van der Waals surface area contributed by atoms with Gasteiger partial charge in [-0.25, -0.2) is 18.4 Å². The quantitative estimate of drug-likeness (QED) is 0.625. The van der Waals surface area contributed by atoms with Crippen molar-refractivity contribution in [1.29, 1.82) is 0 Å². The van der Waals surface area contributed by atoms with E-state index in [2.05, 4.69) is 20.2 Å². The Hall–Kier alpha value is -1.98. The number of benzene rings is 1. The van der Waals surface area contributed by atoms with Crippen LogP contribution in [-0.4, -0.2) is 33.2 Å². The molecule has 0 radical (unpaired) electrons. The molecule has 1 aromatic carbocycles. The van der Waals surface area contributed by atoms with Crippen molar-refractivity contribution < 1.29 is 21.6 Å². The Kier molecular flexibility index (Phi) is 4.36. The summed E-state index contributed by atoms with van der Waals surface area (Å²) in [5.41, 5.74) is -2.09. The Morgan fingerprint density at radius 3 is 2.04 bits per heavy atom. The molecule has 0 aliphatic heterocycles. The van der Waals surface area contributed by atoms with Gasteiger partial charge in [-0.1, -0.05) is 23.2 Å². The molecule has 3 rings (SSSR count). The van der Waals surface area contributed by atoms with Gasteiger partial charge >= 0.3 is 6.18 Å². The molecule has 2 aromatic heterocycles.